The number of carbonyl (C=O) groups is 1. The lowest BCUT2D eigenvalue weighted by atomic mass is 9.93. The second-order valence-electron chi connectivity index (χ2n) is 6.34. The third-order valence-corrected chi connectivity index (χ3v) is 5.48. The molecule has 0 spiro atoms. The Balaban J connectivity index is 1.60. The van der Waals surface area contributed by atoms with Crippen LogP contribution in [0.1, 0.15) is 49.6 Å². The number of thiophene rings is 1. The Labute approximate surface area is 125 Å². The van der Waals surface area contributed by atoms with Crippen LogP contribution in [0.5, 0.6) is 0 Å². The van der Waals surface area contributed by atoms with Crippen molar-refractivity contribution < 1.29 is 4.79 Å². The molecule has 2 heterocycles. The Morgan fingerprint density at radius 1 is 1.45 bits per heavy atom. The molecule has 0 saturated carbocycles. The monoisotopic (exact) mass is 292 g/mol. The molecule has 2 aliphatic rings. The third-order valence-electron chi connectivity index (χ3n) is 4.48. The summed E-state index contributed by atoms with van der Waals surface area (Å²) >= 11 is 1.89. The molecule has 0 bridgehead atoms. The van der Waals surface area contributed by atoms with Crippen molar-refractivity contribution in [3.05, 3.63) is 21.9 Å². The van der Waals surface area contributed by atoms with Crippen molar-refractivity contribution in [1.29, 1.82) is 0 Å². The first kappa shape index (κ1) is 14.1. The number of aryl methyl sites for hydroxylation is 1. The second-order valence-corrected chi connectivity index (χ2v) is 7.34. The summed E-state index contributed by atoms with van der Waals surface area (Å²) in [5, 5.41) is 6.01. The zero-order valence-corrected chi connectivity index (χ0v) is 13.2. The van der Waals surface area contributed by atoms with E-state index in [1.54, 1.807) is 4.88 Å². The standard InChI is InChI=1S/C16H24N2OS/c1-11(2)16(19)18-8-6-12(10-18)17-14-4-3-5-15-13(14)7-9-20-15/h7,9,11-12,14,17H,3-6,8,10H2,1-2H3. The van der Waals surface area contributed by atoms with Gasteiger partial charge in [0.25, 0.3) is 0 Å². The Bertz CT molecular complexity index is 483. The molecule has 2 unspecified atom stereocenters. The maximum atomic E-state index is 12.0. The minimum Gasteiger partial charge on any atom is -0.341 e. The van der Waals surface area contributed by atoms with Crippen LogP contribution in [0.25, 0.3) is 0 Å². The van der Waals surface area contributed by atoms with E-state index in [1.165, 1.54) is 24.8 Å². The minimum atomic E-state index is 0.118. The number of fused-ring (bicyclic) bond motifs is 1. The predicted molar refractivity (Wildman–Crippen MR) is 83.0 cm³/mol. The lowest BCUT2D eigenvalue weighted by Crippen LogP contribution is -2.39. The molecular formula is C16H24N2OS. The highest BCUT2D eigenvalue weighted by Gasteiger charge is 2.30. The molecule has 2 atom stereocenters. The number of nitrogens with one attached hydrogen (secondary N) is 1. The number of nitrogens with zero attached hydrogens (tertiary/aromatic N) is 1. The van der Waals surface area contributed by atoms with E-state index in [2.05, 4.69) is 16.8 Å². The van der Waals surface area contributed by atoms with E-state index in [0.29, 0.717) is 18.0 Å². The lowest BCUT2D eigenvalue weighted by molar-refractivity contribution is -0.133. The Hall–Kier alpha value is -0.870. The highest BCUT2D eigenvalue weighted by molar-refractivity contribution is 7.10. The molecule has 0 radical (unpaired) electrons. The van der Waals surface area contributed by atoms with Crippen molar-refractivity contribution in [3.63, 3.8) is 0 Å². The van der Waals surface area contributed by atoms with E-state index >= 15 is 0 Å². The molecule has 1 aromatic rings. The Morgan fingerprint density at radius 2 is 2.30 bits per heavy atom. The summed E-state index contributed by atoms with van der Waals surface area (Å²) in [6.45, 7) is 5.77. The largest absolute Gasteiger partial charge is 0.341 e. The average Bonchev–Trinajstić information content (AvgIpc) is 3.06. The van der Waals surface area contributed by atoms with Gasteiger partial charge in [0.15, 0.2) is 0 Å². The maximum Gasteiger partial charge on any atom is 0.225 e. The number of amides is 1. The van der Waals surface area contributed by atoms with Crippen LogP contribution in [-0.4, -0.2) is 29.9 Å². The first-order chi connectivity index (χ1) is 9.65. The fraction of sp³-hybridized carbons (Fsp3) is 0.688. The molecule has 1 fully saturated rings. The van der Waals surface area contributed by atoms with Crippen molar-refractivity contribution in [2.45, 2.75) is 51.6 Å². The summed E-state index contributed by atoms with van der Waals surface area (Å²) in [7, 11) is 0. The van der Waals surface area contributed by atoms with Gasteiger partial charge in [0.1, 0.15) is 0 Å². The van der Waals surface area contributed by atoms with Crippen LogP contribution in [-0.2, 0) is 11.2 Å². The van der Waals surface area contributed by atoms with Gasteiger partial charge in [-0.25, -0.2) is 0 Å². The van der Waals surface area contributed by atoms with E-state index in [-0.39, 0.29) is 5.92 Å². The summed E-state index contributed by atoms with van der Waals surface area (Å²) in [6, 6.07) is 3.25. The molecule has 1 aliphatic carbocycles. The van der Waals surface area contributed by atoms with Gasteiger partial charge in [-0.3, -0.25) is 4.79 Å². The number of hydrogen-bond acceptors (Lipinski definition) is 3. The van der Waals surface area contributed by atoms with Crippen molar-refractivity contribution in [1.82, 2.24) is 10.2 Å². The molecule has 20 heavy (non-hydrogen) atoms. The van der Waals surface area contributed by atoms with Crippen LogP contribution in [0.2, 0.25) is 0 Å². The zero-order chi connectivity index (χ0) is 14.1. The van der Waals surface area contributed by atoms with Crippen LogP contribution in [0, 0.1) is 5.92 Å². The molecule has 3 rings (SSSR count). The topological polar surface area (TPSA) is 32.3 Å². The van der Waals surface area contributed by atoms with E-state index in [9.17, 15) is 4.79 Å². The van der Waals surface area contributed by atoms with Crippen LogP contribution in [0.4, 0.5) is 0 Å². The first-order valence-corrected chi connectivity index (χ1v) is 8.64. The highest BCUT2D eigenvalue weighted by Crippen LogP contribution is 2.34. The molecule has 1 amide bonds. The average molecular weight is 292 g/mol. The van der Waals surface area contributed by atoms with Gasteiger partial charge in [-0.15, -0.1) is 11.3 Å². The van der Waals surface area contributed by atoms with Gasteiger partial charge in [0.2, 0.25) is 5.91 Å². The zero-order valence-electron chi connectivity index (χ0n) is 12.4. The van der Waals surface area contributed by atoms with Crippen molar-refractivity contribution in [2.24, 2.45) is 5.92 Å². The van der Waals surface area contributed by atoms with E-state index in [1.807, 2.05) is 30.1 Å². The Morgan fingerprint density at radius 3 is 3.10 bits per heavy atom. The van der Waals surface area contributed by atoms with Crippen LogP contribution in [0.3, 0.4) is 0 Å². The van der Waals surface area contributed by atoms with Gasteiger partial charge in [-0.05, 0) is 42.7 Å². The van der Waals surface area contributed by atoms with Crippen molar-refractivity contribution >= 4 is 17.2 Å². The highest BCUT2D eigenvalue weighted by atomic mass is 32.1. The third kappa shape index (κ3) is 2.77. The van der Waals surface area contributed by atoms with Gasteiger partial charge in [0, 0.05) is 36.0 Å². The fourth-order valence-electron chi connectivity index (χ4n) is 3.41. The predicted octanol–water partition coefficient (Wildman–Crippen LogP) is 2.97. The van der Waals surface area contributed by atoms with Gasteiger partial charge in [0.05, 0.1) is 0 Å². The van der Waals surface area contributed by atoms with Crippen LogP contribution >= 0.6 is 11.3 Å². The SMILES string of the molecule is CC(C)C(=O)N1CCC(NC2CCCc3sccc32)C1. The quantitative estimate of drug-likeness (QED) is 0.929. The van der Waals surface area contributed by atoms with Crippen molar-refractivity contribution in [3.8, 4) is 0 Å². The summed E-state index contributed by atoms with van der Waals surface area (Å²) in [4.78, 5) is 15.6. The normalized spacial score (nSPS) is 26.1. The molecule has 1 aromatic heterocycles. The molecule has 110 valence electrons. The number of likely N-dealkylation sites (tertiary alicyclic amines) is 1. The van der Waals surface area contributed by atoms with Gasteiger partial charge < -0.3 is 10.2 Å². The van der Waals surface area contributed by atoms with E-state index in [4.69, 9.17) is 0 Å². The molecule has 1 N–H and O–H groups in total. The molecule has 0 aromatic carbocycles. The van der Waals surface area contributed by atoms with E-state index < -0.39 is 0 Å². The van der Waals surface area contributed by atoms with Gasteiger partial charge >= 0.3 is 0 Å². The maximum absolute atomic E-state index is 12.0. The fourth-order valence-corrected chi connectivity index (χ4v) is 4.39. The minimum absolute atomic E-state index is 0.118. The number of hydrogen-bond donors (Lipinski definition) is 1. The summed E-state index contributed by atoms with van der Waals surface area (Å²) < 4.78 is 0. The summed E-state index contributed by atoms with van der Waals surface area (Å²) in [5.74, 6) is 0.418. The van der Waals surface area contributed by atoms with Gasteiger partial charge in [-0.2, -0.15) is 0 Å². The summed E-state index contributed by atoms with van der Waals surface area (Å²) in [5.41, 5.74) is 1.51. The van der Waals surface area contributed by atoms with Crippen LogP contribution in [0.15, 0.2) is 11.4 Å². The molecular weight excluding hydrogens is 268 g/mol. The second kappa shape index (κ2) is 5.86. The summed E-state index contributed by atoms with van der Waals surface area (Å²) in [6.07, 6.45) is 4.85. The molecule has 3 nitrogen and oxygen atoms in total. The number of carbonyl (C=O) groups excluding carboxylic acids is 1. The molecule has 1 saturated heterocycles. The smallest absolute Gasteiger partial charge is 0.225 e. The van der Waals surface area contributed by atoms with Crippen LogP contribution < -0.4 is 5.32 Å². The lowest BCUT2D eigenvalue weighted by Gasteiger charge is -2.27. The van der Waals surface area contributed by atoms with Crippen molar-refractivity contribution in [2.75, 3.05) is 13.1 Å². The first-order valence-electron chi connectivity index (χ1n) is 7.76. The number of rotatable bonds is 3. The molecule has 4 heteroatoms. The molecule has 1 aliphatic heterocycles. The van der Waals surface area contributed by atoms with Gasteiger partial charge in [-0.1, -0.05) is 13.8 Å². The van der Waals surface area contributed by atoms with E-state index in [0.717, 1.165) is 19.5 Å². The Kier molecular flexibility index (Phi) is 4.13.